The Morgan fingerprint density at radius 3 is 1.56 bits per heavy atom. The molecule has 0 saturated heterocycles. The van der Waals surface area contributed by atoms with Crippen LogP contribution in [-0.4, -0.2) is 47.6 Å². The van der Waals surface area contributed by atoms with E-state index in [2.05, 4.69) is 0 Å². The minimum Gasteiger partial charge on any atom is -0.493 e. The third-order valence-corrected chi connectivity index (χ3v) is 5.86. The Kier molecular flexibility index (Phi) is 7.24. The van der Waals surface area contributed by atoms with Crippen LogP contribution in [0.4, 0.5) is 0 Å². The fourth-order valence-corrected chi connectivity index (χ4v) is 4.10. The highest BCUT2D eigenvalue weighted by Crippen LogP contribution is 2.45. The van der Waals surface area contributed by atoms with Crippen molar-refractivity contribution in [2.45, 2.75) is 6.92 Å². The quantitative estimate of drug-likeness (QED) is 0.292. The van der Waals surface area contributed by atoms with Gasteiger partial charge in [-0.1, -0.05) is 12.1 Å². The summed E-state index contributed by atoms with van der Waals surface area (Å²) in [5, 5.41) is 0. The van der Waals surface area contributed by atoms with Gasteiger partial charge in [-0.2, -0.15) is 0 Å². The van der Waals surface area contributed by atoms with Crippen molar-refractivity contribution in [3.05, 3.63) is 65.0 Å². The molecule has 0 fully saturated rings. The summed E-state index contributed by atoms with van der Waals surface area (Å²) in [4.78, 5) is 4.72. The van der Waals surface area contributed by atoms with Gasteiger partial charge in [-0.05, 0) is 59.5 Å². The number of hydrogen-bond acceptors (Lipinski definition) is 8. The lowest BCUT2D eigenvalue weighted by Crippen LogP contribution is -2.00. The van der Waals surface area contributed by atoms with Crippen LogP contribution in [0.3, 0.4) is 0 Å². The van der Waals surface area contributed by atoms with E-state index in [1.165, 1.54) is 0 Å². The molecule has 8 nitrogen and oxygen atoms in total. The summed E-state index contributed by atoms with van der Waals surface area (Å²) in [6.07, 6.45) is 1.86. The van der Waals surface area contributed by atoms with Crippen molar-refractivity contribution in [1.82, 2.24) is 4.98 Å². The number of rotatable bonds is 9. The first-order chi connectivity index (χ1) is 17.5. The zero-order valence-electron chi connectivity index (χ0n) is 21.4. The van der Waals surface area contributed by atoms with Crippen molar-refractivity contribution in [3.63, 3.8) is 0 Å². The maximum atomic E-state index is 6.08. The van der Waals surface area contributed by atoms with Gasteiger partial charge in [0.1, 0.15) is 5.52 Å². The zero-order valence-corrected chi connectivity index (χ0v) is 21.4. The third-order valence-electron chi connectivity index (χ3n) is 5.86. The second kappa shape index (κ2) is 10.5. The number of aromatic nitrogens is 1. The number of methoxy groups -OCH3 is 6. The molecule has 8 heteroatoms. The van der Waals surface area contributed by atoms with Crippen molar-refractivity contribution < 1.29 is 32.8 Å². The van der Waals surface area contributed by atoms with E-state index in [4.69, 9.17) is 37.8 Å². The monoisotopic (exact) mass is 491 g/mol. The predicted molar refractivity (Wildman–Crippen MR) is 138 cm³/mol. The molecule has 0 amide bonds. The Hall–Kier alpha value is -4.33. The molecule has 0 N–H and O–H groups in total. The first kappa shape index (κ1) is 24.8. The lowest BCUT2D eigenvalue weighted by Gasteiger charge is -2.18. The van der Waals surface area contributed by atoms with Gasteiger partial charge < -0.3 is 32.8 Å². The standard InChI is InChI=1S/C28H29NO7/c1-16-9-8-10-20-26(16)29-25(36-20)15-19(17-11-21(30-2)27(34-6)22(12-17)31-3)18-13-23(32-4)28(35-7)24(14-18)33-5/h8-15H,1-7H3. The van der Waals surface area contributed by atoms with Gasteiger partial charge in [-0.25, -0.2) is 4.98 Å². The van der Waals surface area contributed by atoms with E-state index < -0.39 is 0 Å². The maximum Gasteiger partial charge on any atom is 0.220 e. The number of fused-ring (bicyclic) bond motifs is 1. The van der Waals surface area contributed by atoms with Gasteiger partial charge in [0.25, 0.3) is 0 Å². The molecule has 3 aromatic carbocycles. The number of benzene rings is 3. The molecule has 1 heterocycles. The van der Waals surface area contributed by atoms with Gasteiger partial charge in [0.2, 0.25) is 17.4 Å². The van der Waals surface area contributed by atoms with E-state index in [1.807, 2.05) is 55.5 Å². The summed E-state index contributed by atoms with van der Waals surface area (Å²) < 4.78 is 39.5. The van der Waals surface area contributed by atoms with E-state index >= 15 is 0 Å². The zero-order chi connectivity index (χ0) is 25.8. The Morgan fingerprint density at radius 2 is 1.17 bits per heavy atom. The number of para-hydroxylation sites is 1. The number of hydrogen-bond donors (Lipinski definition) is 0. The Balaban J connectivity index is 2.02. The fourth-order valence-electron chi connectivity index (χ4n) is 4.10. The molecular formula is C28H29NO7. The van der Waals surface area contributed by atoms with Crippen LogP contribution in [0.25, 0.3) is 22.7 Å². The summed E-state index contributed by atoms with van der Waals surface area (Å²) in [6.45, 7) is 2.00. The van der Waals surface area contributed by atoms with Crippen LogP contribution < -0.4 is 28.4 Å². The molecule has 4 aromatic rings. The second-order valence-electron chi connectivity index (χ2n) is 7.86. The van der Waals surface area contributed by atoms with Gasteiger partial charge in [0.15, 0.2) is 28.6 Å². The molecule has 0 unspecified atom stereocenters. The average Bonchev–Trinajstić information content (AvgIpc) is 3.34. The number of ether oxygens (including phenoxy) is 6. The van der Waals surface area contributed by atoms with E-state index in [1.54, 1.807) is 42.7 Å². The van der Waals surface area contributed by atoms with Crippen LogP contribution >= 0.6 is 0 Å². The molecule has 0 radical (unpaired) electrons. The highest BCUT2D eigenvalue weighted by molar-refractivity contribution is 5.93. The van der Waals surface area contributed by atoms with Gasteiger partial charge in [0, 0.05) is 6.08 Å². The van der Waals surface area contributed by atoms with Crippen LogP contribution in [0.15, 0.2) is 46.9 Å². The molecule has 0 saturated carbocycles. The molecule has 0 atom stereocenters. The predicted octanol–water partition coefficient (Wildman–Crippen LogP) is 5.78. The van der Waals surface area contributed by atoms with Gasteiger partial charge in [-0.3, -0.25) is 0 Å². The van der Waals surface area contributed by atoms with Crippen LogP contribution in [0.1, 0.15) is 22.6 Å². The van der Waals surface area contributed by atoms with E-state index in [0.29, 0.717) is 46.0 Å². The van der Waals surface area contributed by atoms with Crippen LogP contribution in [0, 0.1) is 6.92 Å². The number of aryl methyl sites for hydroxylation is 1. The second-order valence-corrected chi connectivity index (χ2v) is 7.86. The fraction of sp³-hybridized carbons (Fsp3) is 0.250. The van der Waals surface area contributed by atoms with Crippen molar-refractivity contribution >= 4 is 22.7 Å². The van der Waals surface area contributed by atoms with Crippen molar-refractivity contribution in [2.24, 2.45) is 0 Å². The van der Waals surface area contributed by atoms with Gasteiger partial charge in [0.05, 0.1) is 42.7 Å². The normalized spacial score (nSPS) is 10.6. The van der Waals surface area contributed by atoms with Crippen molar-refractivity contribution in [1.29, 1.82) is 0 Å². The summed E-state index contributed by atoms with van der Waals surface area (Å²) >= 11 is 0. The maximum absolute atomic E-state index is 6.08. The molecule has 0 bridgehead atoms. The molecule has 0 aliphatic heterocycles. The lowest BCUT2D eigenvalue weighted by atomic mass is 9.95. The minimum atomic E-state index is 0.441. The molecular weight excluding hydrogens is 462 g/mol. The highest BCUT2D eigenvalue weighted by Gasteiger charge is 2.21. The topological polar surface area (TPSA) is 81.4 Å². The Morgan fingerprint density at radius 1 is 0.694 bits per heavy atom. The third kappa shape index (κ3) is 4.49. The summed E-state index contributed by atoms with van der Waals surface area (Å²) in [7, 11) is 9.44. The summed E-state index contributed by atoms with van der Waals surface area (Å²) in [5.41, 5.74) is 4.85. The molecule has 0 aliphatic carbocycles. The molecule has 0 aliphatic rings. The first-order valence-corrected chi connectivity index (χ1v) is 11.2. The molecule has 1 aromatic heterocycles. The van der Waals surface area contributed by atoms with Crippen molar-refractivity contribution in [3.8, 4) is 34.5 Å². The minimum absolute atomic E-state index is 0.441. The number of oxazole rings is 1. The van der Waals surface area contributed by atoms with Crippen LogP contribution in [0.5, 0.6) is 34.5 Å². The van der Waals surface area contributed by atoms with E-state index in [9.17, 15) is 0 Å². The lowest BCUT2D eigenvalue weighted by molar-refractivity contribution is 0.324. The summed E-state index contributed by atoms with van der Waals surface area (Å²) in [5.74, 6) is 3.47. The van der Waals surface area contributed by atoms with E-state index in [-0.39, 0.29) is 0 Å². The van der Waals surface area contributed by atoms with Gasteiger partial charge in [-0.15, -0.1) is 0 Å². The highest BCUT2D eigenvalue weighted by atomic mass is 16.5. The Labute approximate surface area is 210 Å². The molecule has 0 spiro atoms. The largest absolute Gasteiger partial charge is 0.493 e. The SMILES string of the molecule is COc1cc(C(=Cc2nc3c(C)cccc3o2)c2cc(OC)c(OC)c(OC)c2)cc(OC)c1OC. The van der Waals surface area contributed by atoms with Crippen LogP contribution in [-0.2, 0) is 0 Å². The van der Waals surface area contributed by atoms with E-state index in [0.717, 1.165) is 27.8 Å². The first-order valence-electron chi connectivity index (χ1n) is 11.2. The molecule has 4 rings (SSSR count). The smallest absolute Gasteiger partial charge is 0.220 e. The van der Waals surface area contributed by atoms with Crippen molar-refractivity contribution in [2.75, 3.05) is 42.7 Å². The Bertz CT molecular complexity index is 1310. The summed E-state index contributed by atoms with van der Waals surface area (Å²) in [6, 6.07) is 13.3. The number of nitrogens with zero attached hydrogens (tertiary/aromatic N) is 1. The van der Waals surface area contributed by atoms with Gasteiger partial charge >= 0.3 is 0 Å². The molecule has 188 valence electrons. The van der Waals surface area contributed by atoms with Crippen LogP contribution in [0.2, 0.25) is 0 Å². The molecule has 36 heavy (non-hydrogen) atoms. The average molecular weight is 492 g/mol.